The van der Waals surface area contributed by atoms with Crippen LogP contribution in [0.15, 0.2) is 11.6 Å². The quantitative estimate of drug-likeness (QED) is 0.288. The Morgan fingerprint density at radius 2 is 1.60 bits per heavy atom. The molecule has 0 amide bonds. The van der Waals surface area contributed by atoms with Gasteiger partial charge in [-0.25, -0.2) is 0 Å². The summed E-state index contributed by atoms with van der Waals surface area (Å²) < 4.78 is 0. The zero-order valence-electron chi connectivity index (χ0n) is 15.8. The summed E-state index contributed by atoms with van der Waals surface area (Å²) in [4.78, 5) is 22.0. The van der Waals surface area contributed by atoms with Crippen LogP contribution >= 0.6 is 0 Å². The lowest BCUT2D eigenvalue weighted by Crippen LogP contribution is -2.20. The average molecular weight is 353 g/mol. The molecule has 0 radical (unpaired) electrons. The summed E-state index contributed by atoms with van der Waals surface area (Å²) in [5.74, 6) is -1.43. The first-order chi connectivity index (χ1) is 12.1. The van der Waals surface area contributed by atoms with Gasteiger partial charge in [0.05, 0.1) is 5.92 Å². The molecule has 0 aromatic carbocycles. The summed E-state index contributed by atoms with van der Waals surface area (Å²) in [6, 6.07) is 0. The molecule has 0 aromatic rings. The number of hydrogen-bond acceptors (Lipinski definition) is 2. The molecule has 4 heteroatoms. The summed E-state index contributed by atoms with van der Waals surface area (Å²) in [5, 5.41) is 18.1. The number of allylic oxidation sites excluding steroid dienone is 2. The van der Waals surface area contributed by atoms with Gasteiger partial charge in [-0.3, -0.25) is 9.59 Å². The van der Waals surface area contributed by atoms with Crippen molar-refractivity contribution >= 4 is 11.9 Å². The molecule has 2 N–H and O–H groups in total. The van der Waals surface area contributed by atoms with E-state index in [1.807, 2.05) is 0 Å². The zero-order valence-corrected chi connectivity index (χ0v) is 15.8. The van der Waals surface area contributed by atoms with Crippen LogP contribution in [0.5, 0.6) is 0 Å². The molecule has 144 valence electrons. The first-order valence-electron chi connectivity index (χ1n) is 10.2. The van der Waals surface area contributed by atoms with E-state index in [4.69, 9.17) is 5.11 Å². The molecule has 0 saturated carbocycles. The number of carboxylic acids is 2. The predicted molar refractivity (Wildman–Crippen MR) is 101 cm³/mol. The number of aliphatic carboxylic acids is 2. The fourth-order valence-corrected chi connectivity index (χ4v) is 3.90. The Hall–Kier alpha value is -1.32. The van der Waals surface area contributed by atoms with Gasteiger partial charge in [-0.05, 0) is 38.0 Å². The van der Waals surface area contributed by atoms with Crippen molar-refractivity contribution in [3.05, 3.63) is 11.6 Å². The Morgan fingerprint density at radius 1 is 0.960 bits per heavy atom. The Labute approximate surface area is 152 Å². The number of unbranched alkanes of at least 4 members (excludes halogenated alkanes) is 8. The molecular weight excluding hydrogens is 316 g/mol. The predicted octanol–water partition coefficient (Wildman–Crippen LogP) is 5.81. The highest BCUT2D eigenvalue weighted by Crippen LogP contribution is 2.38. The Balaban J connectivity index is 2.30. The minimum Gasteiger partial charge on any atom is -0.481 e. The van der Waals surface area contributed by atoms with Crippen molar-refractivity contribution in [2.24, 2.45) is 11.8 Å². The molecule has 1 aliphatic carbocycles. The maximum atomic E-state index is 11.5. The van der Waals surface area contributed by atoms with Gasteiger partial charge in [-0.2, -0.15) is 0 Å². The van der Waals surface area contributed by atoms with E-state index in [1.54, 1.807) is 0 Å². The van der Waals surface area contributed by atoms with E-state index in [2.05, 4.69) is 13.0 Å². The first-order valence-corrected chi connectivity index (χ1v) is 10.2. The number of rotatable bonds is 15. The highest BCUT2D eigenvalue weighted by molar-refractivity contribution is 5.72. The van der Waals surface area contributed by atoms with E-state index < -0.39 is 11.9 Å². The molecule has 0 fully saturated rings. The van der Waals surface area contributed by atoms with E-state index in [0.29, 0.717) is 6.42 Å². The highest BCUT2D eigenvalue weighted by Gasteiger charge is 2.33. The van der Waals surface area contributed by atoms with Crippen molar-refractivity contribution < 1.29 is 19.8 Å². The Kier molecular flexibility index (Phi) is 11.3. The van der Waals surface area contributed by atoms with Gasteiger partial charge in [-0.1, -0.05) is 69.9 Å². The van der Waals surface area contributed by atoms with Crippen molar-refractivity contribution in [3.8, 4) is 0 Å². The lowest BCUT2D eigenvalue weighted by Gasteiger charge is -2.20. The van der Waals surface area contributed by atoms with Gasteiger partial charge in [0, 0.05) is 6.42 Å². The standard InChI is InChI=1S/C21H36O4/c1-2-3-4-5-6-9-12-17-15-16-19(21(24)25)18(17)13-10-7-8-11-14-20(22)23/h15,18-19H,2-14,16H2,1H3,(H,22,23)(H,24,25)/t18-,19?/m0/s1. The Bertz CT molecular complexity index is 428. The van der Waals surface area contributed by atoms with E-state index in [-0.39, 0.29) is 18.3 Å². The lowest BCUT2D eigenvalue weighted by atomic mass is 9.84. The number of carboxylic acid groups (broad SMARTS) is 2. The molecule has 4 nitrogen and oxygen atoms in total. The molecular formula is C21H36O4. The van der Waals surface area contributed by atoms with E-state index in [0.717, 1.165) is 38.5 Å². The molecule has 2 atom stereocenters. The van der Waals surface area contributed by atoms with Crippen molar-refractivity contribution in [1.82, 2.24) is 0 Å². The van der Waals surface area contributed by atoms with Gasteiger partial charge >= 0.3 is 11.9 Å². The van der Waals surface area contributed by atoms with Crippen LogP contribution in [-0.2, 0) is 9.59 Å². The van der Waals surface area contributed by atoms with Crippen LogP contribution in [0.1, 0.15) is 96.8 Å². The van der Waals surface area contributed by atoms with Crippen molar-refractivity contribution in [1.29, 1.82) is 0 Å². The van der Waals surface area contributed by atoms with E-state index >= 15 is 0 Å². The summed E-state index contributed by atoms with van der Waals surface area (Å²) in [6.45, 7) is 2.22. The largest absolute Gasteiger partial charge is 0.481 e. The smallest absolute Gasteiger partial charge is 0.307 e. The van der Waals surface area contributed by atoms with Gasteiger partial charge in [0.2, 0.25) is 0 Å². The summed E-state index contributed by atoms with van der Waals surface area (Å²) in [5.41, 5.74) is 1.37. The highest BCUT2D eigenvalue weighted by atomic mass is 16.4. The van der Waals surface area contributed by atoms with Crippen LogP contribution in [-0.4, -0.2) is 22.2 Å². The third-order valence-electron chi connectivity index (χ3n) is 5.39. The maximum absolute atomic E-state index is 11.5. The average Bonchev–Trinajstić information content (AvgIpc) is 2.97. The second kappa shape index (κ2) is 13.0. The van der Waals surface area contributed by atoms with Gasteiger partial charge < -0.3 is 10.2 Å². The zero-order chi connectivity index (χ0) is 18.5. The van der Waals surface area contributed by atoms with E-state index in [9.17, 15) is 14.7 Å². The summed E-state index contributed by atoms with van der Waals surface area (Å²) >= 11 is 0. The second-order valence-electron chi connectivity index (χ2n) is 7.43. The fraction of sp³-hybridized carbons (Fsp3) is 0.810. The SMILES string of the molecule is CCCCCCCCC1=CCC(C(=O)O)[C@H]1CCCCCCC(=O)O. The third kappa shape index (κ3) is 9.08. The number of hydrogen-bond donors (Lipinski definition) is 2. The molecule has 1 rings (SSSR count). The van der Waals surface area contributed by atoms with Crippen LogP contribution in [0.25, 0.3) is 0 Å². The molecule has 0 aromatic heterocycles. The maximum Gasteiger partial charge on any atom is 0.307 e. The molecule has 0 bridgehead atoms. The van der Waals surface area contributed by atoms with Gasteiger partial charge in [-0.15, -0.1) is 0 Å². The second-order valence-corrected chi connectivity index (χ2v) is 7.43. The molecule has 0 heterocycles. The van der Waals surface area contributed by atoms with Crippen LogP contribution < -0.4 is 0 Å². The topological polar surface area (TPSA) is 74.6 Å². The molecule has 1 unspecified atom stereocenters. The Morgan fingerprint density at radius 3 is 2.28 bits per heavy atom. The molecule has 25 heavy (non-hydrogen) atoms. The lowest BCUT2D eigenvalue weighted by molar-refractivity contribution is -0.143. The molecule has 0 aliphatic heterocycles. The molecule has 1 aliphatic rings. The van der Waals surface area contributed by atoms with Gasteiger partial charge in [0.25, 0.3) is 0 Å². The minimum absolute atomic E-state index is 0.201. The van der Waals surface area contributed by atoms with Gasteiger partial charge in [0.1, 0.15) is 0 Å². The first kappa shape index (κ1) is 21.7. The van der Waals surface area contributed by atoms with Crippen molar-refractivity contribution in [2.45, 2.75) is 96.8 Å². The van der Waals surface area contributed by atoms with Crippen LogP contribution in [0.3, 0.4) is 0 Å². The summed E-state index contributed by atoms with van der Waals surface area (Å²) in [6.07, 6.45) is 16.4. The monoisotopic (exact) mass is 352 g/mol. The minimum atomic E-state index is -0.731. The number of carbonyl (C=O) groups is 2. The van der Waals surface area contributed by atoms with Crippen LogP contribution in [0.4, 0.5) is 0 Å². The van der Waals surface area contributed by atoms with E-state index in [1.165, 1.54) is 44.1 Å². The van der Waals surface area contributed by atoms with Crippen LogP contribution in [0.2, 0.25) is 0 Å². The molecule has 0 saturated heterocycles. The van der Waals surface area contributed by atoms with Crippen LogP contribution in [0, 0.1) is 11.8 Å². The van der Waals surface area contributed by atoms with Crippen molar-refractivity contribution in [2.75, 3.05) is 0 Å². The van der Waals surface area contributed by atoms with Crippen molar-refractivity contribution in [3.63, 3.8) is 0 Å². The third-order valence-corrected chi connectivity index (χ3v) is 5.39. The molecule has 0 spiro atoms. The fourth-order valence-electron chi connectivity index (χ4n) is 3.90. The van der Waals surface area contributed by atoms with Gasteiger partial charge in [0.15, 0.2) is 0 Å². The normalized spacial score (nSPS) is 19.8. The summed E-state index contributed by atoms with van der Waals surface area (Å²) in [7, 11) is 0.